The summed E-state index contributed by atoms with van der Waals surface area (Å²) in [6.45, 7) is 6.22. The molecule has 6 nitrogen and oxygen atoms in total. The number of piperidine rings is 1. The number of anilines is 3. The molecule has 0 radical (unpaired) electrons. The second-order valence-corrected chi connectivity index (χ2v) is 6.55. The fraction of sp³-hybridized carbons (Fsp3) is 0.421. The molecule has 3 rings (SSSR count). The van der Waals surface area contributed by atoms with E-state index in [0.29, 0.717) is 11.5 Å². The molecule has 1 aliphatic rings. The molecule has 0 bridgehead atoms. The zero-order valence-electron chi connectivity index (χ0n) is 15.0. The number of ether oxygens (including phenoxy) is 1. The smallest absolute Gasteiger partial charge is 0.337 e. The monoisotopic (exact) mass is 340 g/mol. The van der Waals surface area contributed by atoms with Crippen LogP contribution >= 0.6 is 0 Å². The SMILES string of the molecule is COC(=O)c1cccc(Nc2cc(N3CCCC(C)C3)nc(C)n2)c1. The largest absolute Gasteiger partial charge is 0.465 e. The molecule has 1 unspecified atom stereocenters. The zero-order valence-corrected chi connectivity index (χ0v) is 15.0. The second kappa shape index (κ2) is 7.51. The van der Waals surface area contributed by atoms with Crippen molar-refractivity contribution in [3.63, 3.8) is 0 Å². The molecule has 2 aromatic rings. The standard InChI is InChI=1S/C19H24N4O2/c1-13-6-5-9-23(12-13)18-11-17(20-14(2)21-18)22-16-8-4-7-15(10-16)19(24)25-3/h4,7-8,10-11,13H,5-6,9,12H2,1-3H3,(H,20,21,22). The van der Waals surface area contributed by atoms with E-state index < -0.39 is 0 Å². The van der Waals surface area contributed by atoms with Crippen molar-refractivity contribution in [1.82, 2.24) is 9.97 Å². The number of esters is 1. The first-order valence-corrected chi connectivity index (χ1v) is 8.61. The quantitative estimate of drug-likeness (QED) is 0.859. The molecular formula is C19H24N4O2. The van der Waals surface area contributed by atoms with Crippen LogP contribution in [0, 0.1) is 12.8 Å². The first-order valence-electron chi connectivity index (χ1n) is 8.61. The van der Waals surface area contributed by atoms with Gasteiger partial charge in [-0.2, -0.15) is 0 Å². The van der Waals surface area contributed by atoms with Gasteiger partial charge in [-0.15, -0.1) is 0 Å². The van der Waals surface area contributed by atoms with Gasteiger partial charge in [-0.05, 0) is 43.9 Å². The Kier molecular flexibility index (Phi) is 5.16. The first kappa shape index (κ1) is 17.2. The Hall–Kier alpha value is -2.63. The van der Waals surface area contributed by atoms with E-state index in [1.54, 1.807) is 12.1 Å². The molecular weight excluding hydrogens is 316 g/mol. The van der Waals surface area contributed by atoms with Gasteiger partial charge in [0.05, 0.1) is 12.7 Å². The fourth-order valence-corrected chi connectivity index (χ4v) is 3.17. The van der Waals surface area contributed by atoms with E-state index >= 15 is 0 Å². The van der Waals surface area contributed by atoms with Crippen LogP contribution in [-0.4, -0.2) is 36.1 Å². The summed E-state index contributed by atoms with van der Waals surface area (Å²) in [5.74, 6) is 2.72. The van der Waals surface area contributed by atoms with Crippen LogP contribution in [-0.2, 0) is 4.74 Å². The molecule has 0 amide bonds. The molecule has 132 valence electrons. The number of carbonyl (C=O) groups is 1. The molecule has 0 saturated carbocycles. The summed E-state index contributed by atoms with van der Waals surface area (Å²) in [4.78, 5) is 23.1. The first-order chi connectivity index (χ1) is 12.0. The number of aromatic nitrogens is 2. The van der Waals surface area contributed by atoms with E-state index in [1.165, 1.54) is 20.0 Å². The number of methoxy groups -OCH3 is 1. The third-order valence-corrected chi connectivity index (χ3v) is 4.36. The van der Waals surface area contributed by atoms with E-state index in [1.807, 2.05) is 25.1 Å². The van der Waals surface area contributed by atoms with Crippen LogP contribution in [0.3, 0.4) is 0 Å². The Morgan fingerprint density at radius 2 is 2.16 bits per heavy atom. The van der Waals surface area contributed by atoms with E-state index in [9.17, 15) is 4.79 Å². The molecule has 1 aliphatic heterocycles. The molecule has 2 heterocycles. The summed E-state index contributed by atoms with van der Waals surface area (Å²) >= 11 is 0. The Morgan fingerprint density at radius 1 is 1.32 bits per heavy atom. The molecule has 6 heteroatoms. The highest BCUT2D eigenvalue weighted by Crippen LogP contribution is 2.25. The van der Waals surface area contributed by atoms with Crippen LogP contribution in [0.25, 0.3) is 0 Å². The zero-order chi connectivity index (χ0) is 17.8. The maximum atomic E-state index is 11.7. The van der Waals surface area contributed by atoms with Crippen LogP contribution in [0.2, 0.25) is 0 Å². The average Bonchev–Trinajstić information content (AvgIpc) is 2.61. The lowest BCUT2D eigenvalue weighted by molar-refractivity contribution is 0.0601. The highest BCUT2D eigenvalue weighted by Gasteiger charge is 2.18. The maximum absolute atomic E-state index is 11.7. The Balaban J connectivity index is 1.82. The van der Waals surface area contributed by atoms with Gasteiger partial charge in [0.1, 0.15) is 17.5 Å². The minimum absolute atomic E-state index is 0.356. The van der Waals surface area contributed by atoms with Crippen molar-refractivity contribution >= 4 is 23.3 Å². The molecule has 1 aromatic carbocycles. The minimum Gasteiger partial charge on any atom is -0.465 e. The van der Waals surface area contributed by atoms with Crippen LogP contribution in [0.5, 0.6) is 0 Å². The number of hydrogen-bond donors (Lipinski definition) is 1. The third kappa shape index (κ3) is 4.26. The lowest BCUT2D eigenvalue weighted by Crippen LogP contribution is -2.35. The summed E-state index contributed by atoms with van der Waals surface area (Å²) in [5.41, 5.74) is 1.29. The van der Waals surface area contributed by atoms with E-state index in [4.69, 9.17) is 4.74 Å². The summed E-state index contributed by atoms with van der Waals surface area (Å²) in [7, 11) is 1.38. The Bertz CT molecular complexity index is 763. The van der Waals surface area contributed by atoms with Gasteiger partial charge < -0.3 is 15.0 Å². The number of benzene rings is 1. The number of rotatable bonds is 4. The lowest BCUT2D eigenvalue weighted by atomic mass is 10.0. The van der Waals surface area contributed by atoms with Crippen molar-refractivity contribution in [2.75, 3.05) is 30.4 Å². The van der Waals surface area contributed by atoms with Crippen molar-refractivity contribution < 1.29 is 9.53 Å². The molecule has 0 spiro atoms. The van der Waals surface area contributed by atoms with Crippen molar-refractivity contribution in [3.05, 3.63) is 41.7 Å². The van der Waals surface area contributed by atoms with Crippen LogP contribution < -0.4 is 10.2 Å². The van der Waals surface area contributed by atoms with Crippen molar-refractivity contribution in [2.45, 2.75) is 26.7 Å². The van der Waals surface area contributed by atoms with Crippen LogP contribution in [0.1, 0.15) is 35.9 Å². The predicted molar refractivity (Wildman–Crippen MR) is 98.4 cm³/mol. The van der Waals surface area contributed by atoms with E-state index in [-0.39, 0.29) is 5.97 Å². The number of nitrogens with one attached hydrogen (secondary N) is 1. The normalized spacial score (nSPS) is 17.2. The molecule has 0 aliphatic carbocycles. The van der Waals surface area contributed by atoms with Gasteiger partial charge in [-0.25, -0.2) is 14.8 Å². The Labute approximate surface area is 148 Å². The third-order valence-electron chi connectivity index (χ3n) is 4.36. The molecule has 1 saturated heterocycles. The second-order valence-electron chi connectivity index (χ2n) is 6.55. The van der Waals surface area contributed by atoms with Gasteiger partial charge in [0.15, 0.2) is 0 Å². The Morgan fingerprint density at radius 3 is 2.92 bits per heavy atom. The number of hydrogen-bond acceptors (Lipinski definition) is 6. The van der Waals surface area contributed by atoms with Gasteiger partial charge >= 0.3 is 5.97 Å². The number of aryl methyl sites for hydroxylation is 1. The fourth-order valence-electron chi connectivity index (χ4n) is 3.17. The van der Waals surface area contributed by atoms with Gasteiger partial charge in [-0.3, -0.25) is 0 Å². The summed E-state index contributed by atoms with van der Waals surface area (Å²) < 4.78 is 4.77. The number of nitrogens with zero attached hydrogens (tertiary/aromatic N) is 3. The van der Waals surface area contributed by atoms with E-state index in [2.05, 4.69) is 27.1 Å². The molecule has 1 atom stereocenters. The lowest BCUT2D eigenvalue weighted by Gasteiger charge is -2.32. The van der Waals surface area contributed by atoms with Crippen LogP contribution in [0.4, 0.5) is 17.3 Å². The van der Waals surface area contributed by atoms with Crippen LogP contribution in [0.15, 0.2) is 30.3 Å². The topological polar surface area (TPSA) is 67.3 Å². The molecule has 1 fully saturated rings. The minimum atomic E-state index is -0.356. The van der Waals surface area contributed by atoms with Gasteiger partial charge in [0.25, 0.3) is 0 Å². The van der Waals surface area contributed by atoms with Gasteiger partial charge in [0.2, 0.25) is 0 Å². The van der Waals surface area contributed by atoms with Gasteiger partial charge in [0, 0.05) is 24.8 Å². The number of carbonyl (C=O) groups excluding carboxylic acids is 1. The molecule has 1 N–H and O–H groups in total. The van der Waals surface area contributed by atoms with E-state index in [0.717, 1.165) is 36.2 Å². The van der Waals surface area contributed by atoms with Crippen molar-refractivity contribution in [2.24, 2.45) is 5.92 Å². The summed E-state index contributed by atoms with van der Waals surface area (Å²) in [5, 5.41) is 3.27. The predicted octanol–water partition coefficient (Wildman–Crippen LogP) is 3.55. The van der Waals surface area contributed by atoms with Gasteiger partial charge in [-0.1, -0.05) is 13.0 Å². The highest BCUT2D eigenvalue weighted by molar-refractivity contribution is 5.90. The van der Waals surface area contributed by atoms with Crippen molar-refractivity contribution in [1.29, 1.82) is 0 Å². The van der Waals surface area contributed by atoms with Crippen molar-refractivity contribution in [3.8, 4) is 0 Å². The molecule has 1 aromatic heterocycles. The summed E-state index contributed by atoms with van der Waals surface area (Å²) in [6.07, 6.45) is 2.46. The maximum Gasteiger partial charge on any atom is 0.337 e. The highest BCUT2D eigenvalue weighted by atomic mass is 16.5. The average molecular weight is 340 g/mol. The summed E-state index contributed by atoms with van der Waals surface area (Å²) in [6, 6.07) is 9.16. The molecule has 25 heavy (non-hydrogen) atoms.